The van der Waals surface area contributed by atoms with Crippen LogP contribution in [0.25, 0.3) is 0 Å². The van der Waals surface area contributed by atoms with Gasteiger partial charge in [-0.2, -0.15) is 0 Å². The summed E-state index contributed by atoms with van der Waals surface area (Å²) in [5.74, 6) is 1.37. The highest BCUT2D eigenvalue weighted by molar-refractivity contribution is 9.10. The first-order valence-corrected chi connectivity index (χ1v) is 6.93. The predicted molar refractivity (Wildman–Crippen MR) is 78.2 cm³/mol. The number of hydrogen-bond acceptors (Lipinski definition) is 3. The minimum atomic E-state index is 0.322. The highest BCUT2D eigenvalue weighted by atomic mass is 79.9. The lowest BCUT2D eigenvalue weighted by Crippen LogP contribution is -2.24. The van der Waals surface area contributed by atoms with Gasteiger partial charge in [-0.15, -0.1) is 0 Å². The summed E-state index contributed by atoms with van der Waals surface area (Å²) in [6, 6.07) is 6.53. The molecule has 1 N–H and O–H groups in total. The monoisotopic (exact) mass is 315 g/mol. The maximum atomic E-state index is 5.25. The molecule has 0 aliphatic rings. The SMILES string of the molecule is CNC(c1ccc(OC)c(Br)c1)C(C)CCOC. The van der Waals surface area contributed by atoms with E-state index < -0.39 is 0 Å². The minimum absolute atomic E-state index is 0.322. The Balaban J connectivity index is 2.84. The van der Waals surface area contributed by atoms with Crippen molar-refractivity contribution in [3.63, 3.8) is 0 Å². The first-order chi connectivity index (χ1) is 8.63. The van der Waals surface area contributed by atoms with E-state index in [-0.39, 0.29) is 0 Å². The van der Waals surface area contributed by atoms with Crippen LogP contribution in [0.3, 0.4) is 0 Å². The van der Waals surface area contributed by atoms with E-state index in [2.05, 4.69) is 40.3 Å². The molecule has 2 atom stereocenters. The fraction of sp³-hybridized carbons (Fsp3) is 0.571. The minimum Gasteiger partial charge on any atom is -0.496 e. The van der Waals surface area contributed by atoms with E-state index >= 15 is 0 Å². The number of hydrogen-bond donors (Lipinski definition) is 1. The average Bonchev–Trinajstić information content (AvgIpc) is 2.37. The zero-order valence-corrected chi connectivity index (χ0v) is 13.1. The summed E-state index contributed by atoms with van der Waals surface area (Å²) in [4.78, 5) is 0. The topological polar surface area (TPSA) is 30.5 Å². The molecule has 2 unspecified atom stereocenters. The van der Waals surface area contributed by atoms with E-state index in [0.29, 0.717) is 12.0 Å². The second-order valence-corrected chi connectivity index (χ2v) is 5.27. The molecule has 0 heterocycles. The number of methoxy groups -OCH3 is 2. The zero-order valence-electron chi connectivity index (χ0n) is 11.5. The summed E-state index contributed by atoms with van der Waals surface area (Å²) in [6.45, 7) is 3.02. The van der Waals surface area contributed by atoms with Gasteiger partial charge in [0.1, 0.15) is 5.75 Å². The van der Waals surface area contributed by atoms with Crippen LogP contribution in [0.1, 0.15) is 24.9 Å². The largest absolute Gasteiger partial charge is 0.496 e. The highest BCUT2D eigenvalue weighted by Crippen LogP contribution is 2.31. The second-order valence-electron chi connectivity index (χ2n) is 4.42. The third-order valence-electron chi connectivity index (χ3n) is 3.19. The fourth-order valence-corrected chi connectivity index (χ4v) is 2.68. The average molecular weight is 316 g/mol. The van der Waals surface area contributed by atoms with Crippen LogP contribution in [0, 0.1) is 5.92 Å². The van der Waals surface area contributed by atoms with Crippen LogP contribution < -0.4 is 10.1 Å². The van der Waals surface area contributed by atoms with E-state index in [1.807, 2.05) is 13.1 Å². The van der Waals surface area contributed by atoms with Crippen LogP contribution in [0.4, 0.5) is 0 Å². The lowest BCUT2D eigenvalue weighted by atomic mass is 9.92. The van der Waals surface area contributed by atoms with Gasteiger partial charge in [0.25, 0.3) is 0 Å². The molecule has 0 aliphatic carbocycles. The van der Waals surface area contributed by atoms with Crippen LogP contribution in [-0.2, 0) is 4.74 Å². The molecule has 0 fully saturated rings. The zero-order chi connectivity index (χ0) is 13.5. The molecule has 1 rings (SSSR count). The third kappa shape index (κ3) is 3.97. The molecule has 0 aromatic heterocycles. The standard InChI is InChI=1S/C14H22BrNO2/c1-10(7-8-17-3)14(16-2)11-5-6-13(18-4)12(15)9-11/h5-6,9-10,14,16H,7-8H2,1-4H3. The Morgan fingerprint density at radius 2 is 2.06 bits per heavy atom. The molecule has 102 valence electrons. The van der Waals surface area contributed by atoms with Crippen LogP contribution in [-0.4, -0.2) is 27.9 Å². The number of rotatable bonds is 7. The molecule has 1 aromatic rings. The van der Waals surface area contributed by atoms with E-state index in [9.17, 15) is 0 Å². The molecular weight excluding hydrogens is 294 g/mol. The Kier molecular flexibility index (Phi) is 6.68. The molecule has 0 saturated carbocycles. The molecule has 3 nitrogen and oxygen atoms in total. The molecule has 4 heteroatoms. The Morgan fingerprint density at radius 3 is 2.56 bits per heavy atom. The number of halogens is 1. The molecule has 0 saturated heterocycles. The van der Waals surface area contributed by atoms with Crippen molar-refractivity contribution in [2.75, 3.05) is 27.9 Å². The second kappa shape index (κ2) is 7.77. The Bertz CT molecular complexity index is 371. The Hall–Kier alpha value is -0.580. The van der Waals surface area contributed by atoms with Crippen molar-refractivity contribution in [3.8, 4) is 5.75 Å². The Labute approximate surface area is 118 Å². The molecule has 0 amide bonds. The van der Waals surface area contributed by atoms with Gasteiger partial charge in [-0.25, -0.2) is 0 Å². The summed E-state index contributed by atoms with van der Waals surface area (Å²) in [7, 11) is 5.41. The summed E-state index contributed by atoms with van der Waals surface area (Å²) in [5, 5.41) is 3.37. The quantitative estimate of drug-likeness (QED) is 0.836. The maximum Gasteiger partial charge on any atom is 0.133 e. The van der Waals surface area contributed by atoms with Gasteiger partial charge >= 0.3 is 0 Å². The Morgan fingerprint density at radius 1 is 1.33 bits per heavy atom. The van der Waals surface area contributed by atoms with Crippen molar-refractivity contribution in [2.24, 2.45) is 5.92 Å². The number of nitrogens with one attached hydrogen (secondary N) is 1. The molecular formula is C14H22BrNO2. The smallest absolute Gasteiger partial charge is 0.133 e. The molecule has 0 aliphatic heterocycles. The van der Waals surface area contributed by atoms with Gasteiger partial charge in [-0.1, -0.05) is 13.0 Å². The molecule has 0 spiro atoms. The molecule has 1 aromatic carbocycles. The summed E-state index contributed by atoms with van der Waals surface area (Å²) in [6.07, 6.45) is 1.03. The predicted octanol–water partition coefficient (Wildman–Crippen LogP) is 3.39. The van der Waals surface area contributed by atoms with Crippen molar-refractivity contribution in [3.05, 3.63) is 28.2 Å². The maximum absolute atomic E-state index is 5.25. The number of ether oxygens (including phenoxy) is 2. The van der Waals surface area contributed by atoms with Crippen molar-refractivity contribution in [1.82, 2.24) is 5.32 Å². The van der Waals surface area contributed by atoms with Crippen molar-refractivity contribution >= 4 is 15.9 Å². The van der Waals surface area contributed by atoms with Gasteiger partial charge in [-0.05, 0) is 53.0 Å². The van der Waals surface area contributed by atoms with Crippen LogP contribution in [0.2, 0.25) is 0 Å². The summed E-state index contributed by atoms with van der Waals surface area (Å²) in [5.41, 5.74) is 1.26. The van der Waals surface area contributed by atoms with Crippen molar-refractivity contribution in [1.29, 1.82) is 0 Å². The van der Waals surface area contributed by atoms with Gasteiger partial charge in [0.15, 0.2) is 0 Å². The first kappa shape index (κ1) is 15.5. The number of benzene rings is 1. The van der Waals surface area contributed by atoms with Gasteiger partial charge in [0.05, 0.1) is 11.6 Å². The normalized spacial score (nSPS) is 14.3. The van der Waals surface area contributed by atoms with Gasteiger partial charge in [0.2, 0.25) is 0 Å². The third-order valence-corrected chi connectivity index (χ3v) is 3.81. The lowest BCUT2D eigenvalue weighted by Gasteiger charge is -2.24. The van der Waals surface area contributed by atoms with E-state index in [4.69, 9.17) is 9.47 Å². The molecule has 0 radical (unpaired) electrons. The fourth-order valence-electron chi connectivity index (χ4n) is 2.13. The van der Waals surface area contributed by atoms with Gasteiger partial charge in [0, 0.05) is 19.8 Å². The van der Waals surface area contributed by atoms with Crippen molar-refractivity contribution in [2.45, 2.75) is 19.4 Å². The van der Waals surface area contributed by atoms with Gasteiger partial charge in [-0.3, -0.25) is 0 Å². The first-order valence-electron chi connectivity index (χ1n) is 6.13. The van der Waals surface area contributed by atoms with Crippen LogP contribution in [0.5, 0.6) is 5.75 Å². The van der Waals surface area contributed by atoms with Crippen LogP contribution >= 0.6 is 15.9 Å². The molecule has 18 heavy (non-hydrogen) atoms. The lowest BCUT2D eigenvalue weighted by molar-refractivity contribution is 0.171. The summed E-state index contributed by atoms with van der Waals surface area (Å²) >= 11 is 3.53. The summed E-state index contributed by atoms with van der Waals surface area (Å²) < 4.78 is 11.4. The van der Waals surface area contributed by atoms with Crippen LogP contribution in [0.15, 0.2) is 22.7 Å². The van der Waals surface area contributed by atoms with Crippen molar-refractivity contribution < 1.29 is 9.47 Å². The molecule has 0 bridgehead atoms. The van der Waals surface area contributed by atoms with E-state index in [1.54, 1.807) is 14.2 Å². The van der Waals surface area contributed by atoms with E-state index in [1.165, 1.54) is 5.56 Å². The van der Waals surface area contributed by atoms with E-state index in [0.717, 1.165) is 23.2 Å². The highest BCUT2D eigenvalue weighted by Gasteiger charge is 2.18. The van der Waals surface area contributed by atoms with Gasteiger partial charge < -0.3 is 14.8 Å².